The second-order valence-electron chi connectivity index (χ2n) is 9.12. The number of rotatable bonds is 6. The Labute approximate surface area is 216 Å². The maximum Gasteiger partial charge on any atom is 0.191 e. The van der Waals surface area contributed by atoms with E-state index in [0.29, 0.717) is 12.6 Å². The number of piperidine rings is 2. The van der Waals surface area contributed by atoms with Gasteiger partial charge in [-0.1, -0.05) is 25.1 Å². The molecule has 2 aliphatic heterocycles. The number of hydrogen-bond acceptors (Lipinski definition) is 4. The Morgan fingerprint density at radius 1 is 0.970 bits per heavy atom. The lowest BCUT2D eigenvalue weighted by Gasteiger charge is -2.33. The first kappa shape index (κ1) is 25.6. The highest BCUT2D eigenvalue weighted by molar-refractivity contribution is 14.0. The largest absolute Gasteiger partial charge is 0.372 e. The fraction of sp³-hybridized carbons (Fsp3) is 0.538. The lowest BCUT2D eigenvalue weighted by atomic mass is 9.99. The van der Waals surface area contributed by atoms with Gasteiger partial charge in [0.2, 0.25) is 0 Å². The maximum atomic E-state index is 4.86. The normalized spacial score (nSPS) is 18.1. The van der Waals surface area contributed by atoms with E-state index in [1.165, 1.54) is 37.2 Å². The highest BCUT2D eigenvalue weighted by Crippen LogP contribution is 2.23. The fourth-order valence-electron chi connectivity index (χ4n) is 4.56. The van der Waals surface area contributed by atoms with Crippen LogP contribution in [0.2, 0.25) is 0 Å². The first-order valence-electron chi connectivity index (χ1n) is 12.3. The monoisotopic (exact) mass is 562 g/mol. The van der Waals surface area contributed by atoms with Crippen LogP contribution >= 0.6 is 24.0 Å². The molecular weight excluding hydrogens is 523 g/mol. The molecule has 2 fully saturated rings. The molecule has 2 aromatic rings. The Morgan fingerprint density at radius 2 is 1.67 bits per heavy atom. The molecule has 4 rings (SSSR count). The van der Waals surface area contributed by atoms with Gasteiger partial charge in [-0.15, -0.1) is 24.0 Å². The number of pyridine rings is 1. The lowest BCUT2D eigenvalue weighted by molar-refractivity contribution is 0.438. The number of nitrogens with zero attached hydrogens (tertiary/aromatic N) is 4. The molecule has 7 heteroatoms. The molecule has 0 saturated carbocycles. The van der Waals surface area contributed by atoms with Gasteiger partial charge in [0.25, 0.3) is 0 Å². The van der Waals surface area contributed by atoms with Crippen LogP contribution in [0.25, 0.3) is 0 Å². The lowest BCUT2D eigenvalue weighted by Crippen LogP contribution is -2.48. The third-order valence-corrected chi connectivity index (χ3v) is 6.66. The number of benzene rings is 1. The van der Waals surface area contributed by atoms with E-state index >= 15 is 0 Å². The number of halogens is 1. The summed E-state index contributed by atoms with van der Waals surface area (Å²) in [7, 11) is 0. The van der Waals surface area contributed by atoms with Gasteiger partial charge in [0.05, 0.1) is 6.54 Å². The van der Waals surface area contributed by atoms with Crippen molar-refractivity contribution in [2.75, 3.05) is 42.5 Å². The molecule has 0 spiro atoms. The molecule has 0 radical (unpaired) electrons. The Kier molecular flexibility index (Phi) is 10.1. The summed E-state index contributed by atoms with van der Waals surface area (Å²) in [6, 6.07) is 15.5. The first-order chi connectivity index (χ1) is 15.7. The van der Waals surface area contributed by atoms with Crippen LogP contribution < -0.4 is 20.4 Å². The first-order valence-corrected chi connectivity index (χ1v) is 12.3. The Balaban J connectivity index is 0.00000306. The van der Waals surface area contributed by atoms with E-state index in [1.54, 1.807) is 0 Å². The Morgan fingerprint density at radius 3 is 2.30 bits per heavy atom. The molecule has 6 nitrogen and oxygen atoms in total. The van der Waals surface area contributed by atoms with Gasteiger partial charge < -0.3 is 20.4 Å². The van der Waals surface area contributed by atoms with Gasteiger partial charge in [0, 0.05) is 50.6 Å². The van der Waals surface area contributed by atoms with E-state index in [1.807, 2.05) is 12.3 Å². The minimum absolute atomic E-state index is 0. The molecule has 3 heterocycles. The molecule has 0 amide bonds. The minimum Gasteiger partial charge on any atom is -0.372 e. The topological polar surface area (TPSA) is 55.8 Å². The Hall–Kier alpha value is -2.03. The standard InChI is InChI=1S/C26H38N6.HI/c1-3-27-26(30-23-13-18-32(19-14-23)25-6-4-5-15-28-25)29-20-22-7-9-24(10-8-22)31-16-11-21(2)12-17-31;/h4-10,15,21,23H,3,11-14,16-20H2,1-2H3,(H2,27,29,30);1H. The zero-order chi connectivity index (χ0) is 22.2. The van der Waals surface area contributed by atoms with Gasteiger partial charge in [-0.25, -0.2) is 9.98 Å². The number of hydrogen-bond donors (Lipinski definition) is 2. The van der Waals surface area contributed by atoms with E-state index in [2.05, 4.69) is 75.7 Å². The highest BCUT2D eigenvalue weighted by atomic mass is 127. The summed E-state index contributed by atoms with van der Waals surface area (Å²) in [6.07, 6.45) is 6.64. The zero-order valence-electron chi connectivity index (χ0n) is 20.0. The molecule has 2 N–H and O–H groups in total. The van der Waals surface area contributed by atoms with Crippen LogP contribution in [-0.2, 0) is 6.54 Å². The molecule has 2 aliphatic rings. The van der Waals surface area contributed by atoms with Crippen molar-refractivity contribution in [3.05, 3.63) is 54.2 Å². The predicted octanol–water partition coefficient (Wildman–Crippen LogP) is 4.66. The van der Waals surface area contributed by atoms with Crippen molar-refractivity contribution in [1.29, 1.82) is 0 Å². The van der Waals surface area contributed by atoms with E-state index in [9.17, 15) is 0 Å². The van der Waals surface area contributed by atoms with Gasteiger partial charge in [-0.05, 0) is 68.4 Å². The van der Waals surface area contributed by atoms with Crippen molar-refractivity contribution in [1.82, 2.24) is 15.6 Å². The summed E-state index contributed by atoms with van der Waals surface area (Å²) >= 11 is 0. The molecule has 0 unspecified atom stereocenters. The molecule has 1 aromatic carbocycles. The van der Waals surface area contributed by atoms with Crippen molar-refractivity contribution in [2.45, 2.75) is 52.1 Å². The smallest absolute Gasteiger partial charge is 0.191 e. The van der Waals surface area contributed by atoms with Gasteiger partial charge in [-0.2, -0.15) is 0 Å². The van der Waals surface area contributed by atoms with Crippen molar-refractivity contribution in [3.63, 3.8) is 0 Å². The average Bonchev–Trinajstić information content (AvgIpc) is 2.85. The quantitative estimate of drug-likeness (QED) is 0.305. The summed E-state index contributed by atoms with van der Waals surface area (Å²) < 4.78 is 0. The molecular formula is C26H39IN6. The number of aromatic nitrogens is 1. The maximum absolute atomic E-state index is 4.86. The molecule has 0 bridgehead atoms. The minimum atomic E-state index is 0. The Bertz CT molecular complexity index is 841. The third kappa shape index (κ3) is 7.48. The van der Waals surface area contributed by atoms with Crippen molar-refractivity contribution in [2.24, 2.45) is 10.9 Å². The summed E-state index contributed by atoms with van der Waals surface area (Å²) in [4.78, 5) is 14.2. The number of anilines is 2. The van der Waals surface area contributed by atoms with Crippen LogP contribution in [0.1, 0.15) is 45.1 Å². The second kappa shape index (κ2) is 13.0. The van der Waals surface area contributed by atoms with Gasteiger partial charge in [0.1, 0.15) is 5.82 Å². The number of guanidine groups is 1. The molecule has 1 aromatic heterocycles. The van der Waals surface area contributed by atoms with Crippen molar-refractivity contribution >= 4 is 41.4 Å². The third-order valence-electron chi connectivity index (χ3n) is 6.66. The predicted molar refractivity (Wildman–Crippen MR) is 150 cm³/mol. The zero-order valence-corrected chi connectivity index (χ0v) is 22.4. The van der Waals surface area contributed by atoms with Crippen LogP contribution in [-0.4, -0.2) is 49.7 Å². The number of nitrogens with one attached hydrogen (secondary N) is 2. The molecule has 33 heavy (non-hydrogen) atoms. The van der Waals surface area contributed by atoms with Crippen molar-refractivity contribution < 1.29 is 0 Å². The summed E-state index contributed by atoms with van der Waals surface area (Å²) in [5.41, 5.74) is 2.59. The molecule has 2 saturated heterocycles. The SMILES string of the molecule is CCNC(=NCc1ccc(N2CCC(C)CC2)cc1)NC1CCN(c2ccccn2)CC1.I. The average molecular weight is 563 g/mol. The summed E-state index contributed by atoms with van der Waals surface area (Å²) in [5, 5.41) is 7.06. The van der Waals surface area contributed by atoms with E-state index in [0.717, 1.165) is 50.2 Å². The van der Waals surface area contributed by atoms with E-state index < -0.39 is 0 Å². The highest BCUT2D eigenvalue weighted by Gasteiger charge is 2.21. The molecule has 0 atom stereocenters. The van der Waals surface area contributed by atoms with Crippen LogP contribution in [0, 0.1) is 5.92 Å². The second-order valence-corrected chi connectivity index (χ2v) is 9.12. The van der Waals surface area contributed by atoms with Gasteiger partial charge in [0.15, 0.2) is 5.96 Å². The van der Waals surface area contributed by atoms with Gasteiger partial charge >= 0.3 is 0 Å². The van der Waals surface area contributed by atoms with Crippen molar-refractivity contribution in [3.8, 4) is 0 Å². The molecule has 180 valence electrons. The fourth-order valence-corrected chi connectivity index (χ4v) is 4.56. The number of aliphatic imine (C=N–C) groups is 1. The summed E-state index contributed by atoms with van der Waals surface area (Å²) in [6.45, 7) is 10.4. The van der Waals surface area contributed by atoms with Crippen LogP contribution in [0.15, 0.2) is 53.7 Å². The van der Waals surface area contributed by atoms with Crippen LogP contribution in [0.4, 0.5) is 11.5 Å². The van der Waals surface area contributed by atoms with Crippen LogP contribution in [0.5, 0.6) is 0 Å². The molecule has 0 aliphatic carbocycles. The van der Waals surface area contributed by atoms with Gasteiger partial charge in [-0.3, -0.25) is 0 Å². The summed E-state index contributed by atoms with van der Waals surface area (Å²) in [5.74, 6) is 2.85. The van der Waals surface area contributed by atoms with E-state index in [-0.39, 0.29) is 24.0 Å². The van der Waals surface area contributed by atoms with Crippen LogP contribution in [0.3, 0.4) is 0 Å². The van der Waals surface area contributed by atoms with E-state index in [4.69, 9.17) is 4.99 Å².